The molecular weight excluding hydrogens is 328 g/mol. The van der Waals surface area contributed by atoms with Crippen LogP contribution in [0.5, 0.6) is 0 Å². The minimum absolute atomic E-state index is 0.141. The van der Waals surface area contributed by atoms with Crippen molar-refractivity contribution in [3.63, 3.8) is 0 Å². The van der Waals surface area contributed by atoms with Crippen molar-refractivity contribution in [1.29, 1.82) is 0 Å². The number of nitrogens with one attached hydrogen (secondary N) is 2. The molecule has 5 nitrogen and oxygen atoms in total. The molecule has 0 aliphatic carbocycles. The minimum atomic E-state index is -0.141. The van der Waals surface area contributed by atoms with Gasteiger partial charge in [-0.25, -0.2) is 0 Å². The van der Waals surface area contributed by atoms with Crippen molar-refractivity contribution in [2.24, 2.45) is 0 Å². The Morgan fingerprint density at radius 2 is 1.92 bits per heavy atom. The highest BCUT2D eigenvalue weighted by Gasteiger charge is 2.39. The van der Waals surface area contributed by atoms with Crippen LogP contribution in [-0.2, 0) is 0 Å². The van der Waals surface area contributed by atoms with Crippen LogP contribution in [-0.4, -0.2) is 24.0 Å². The van der Waals surface area contributed by atoms with Crippen molar-refractivity contribution in [3.8, 4) is 22.6 Å². The van der Waals surface area contributed by atoms with Crippen LogP contribution in [0.4, 0.5) is 0 Å². The number of carbonyl (C=O) groups excluding carboxylic acids is 1. The maximum Gasteiger partial charge on any atom is 0.287 e. The van der Waals surface area contributed by atoms with Gasteiger partial charge < -0.3 is 19.5 Å². The Balaban J connectivity index is 1.34. The Morgan fingerprint density at radius 1 is 1.04 bits per heavy atom. The zero-order valence-corrected chi connectivity index (χ0v) is 14.3. The zero-order valence-electron chi connectivity index (χ0n) is 14.3. The van der Waals surface area contributed by atoms with E-state index in [0.29, 0.717) is 23.6 Å². The van der Waals surface area contributed by atoms with Gasteiger partial charge >= 0.3 is 0 Å². The summed E-state index contributed by atoms with van der Waals surface area (Å²) in [5.41, 5.74) is 1.89. The minimum Gasteiger partial charge on any atom is -0.464 e. The van der Waals surface area contributed by atoms with E-state index in [1.807, 2.05) is 42.5 Å². The average molecular weight is 348 g/mol. The molecule has 3 unspecified atom stereocenters. The molecule has 26 heavy (non-hydrogen) atoms. The van der Waals surface area contributed by atoms with Gasteiger partial charge in [-0.3, -0.25) is 4.79 Å². The number of benzene rings is 1. The second-order valence-electron chi connectivity index (χ2n) is 7.09. The number of hydrogen-bond donors (Lipinski definition) is 2. The van der Waals surface area contributed by atoms with Crippen LogP contribution in [0.2, 0.25) is 0 Å². The van der Waals surface area contributed by atoms with Gasteiger partial charge in [0.2, 0.25) is 0 Å². The first-order valence-corrected chi connectivity index (χ1v) is 9.07. The first kappa shape index (κ1) is 15.5. The van der Waals surface area contributed by atoms with Crippen LogP contribution in [0.1, 0.15) is 29.8 Å². The predicted octanol–water partition coefficient (Wildman–Crippen LogP) is 3.83. The molecule has 0 spiro atoms. The van der Waals surface area contributed by atoms with E-state index < -0.39 is 0 Å². The van der Waals surface area contributed by atoms with Gasteiger partial charge in [-0.1, -0.05) is 18.2 Å². The summed E-state index contributed by atoms with van der Waals surface area (Å²) in [6.07, 6.45) is 5.02. The molecule has 2 saturated heterocycles. The maximum atomic E-state index is 12.5. The number of furan rings is 2. The van der Waals surface area contributed by atoms with E-state index in [2.05, 4.69) is 10.6 Å². The molecule has 0 radical (unpaired) electrons. The molecular formula is C21H20N2O3. The molecule has 1 amide bonds. The van der Waals surface area contributed by atoms with Crippen molar-refractivity contribution in [2.75, 3.05) is 0 Å². The molecule has 2 bridgehead atoms. The summed E-state index contributed by atoms with van der Waals surface area (Å²) in [6, 6.07) is 16.4. The monoisotopic (exact) mass is 348 g/mol. The fourth-order valence-electron chi connectivity index (χ4n) is 4.11. The third-order valence-corrected chi connectivity index (χ3v) is 5.40. The highest BCUT2D eigenvalue weighted by molar-refractivity contribution is 5.92. The maximum absolute atomic E-state index is 12.5. The topological polar surface area (TPSA) is 67.4 Å². The van der Waals surface area contributed by atoms with Gasteiger partial charge in [-0.05, 0) is 49.6 Å². The smallest absolute Gasteiger partial charge is 0.287 e. The van der Waals surface area contributed by atoms with Crippen LogP contribution >= 0.6 is 0 Å². The number of hydrogen-bond acceptors (Lipinski definition) is 4. The lowest BCUT2D eigenvalue weighted by Gasteiger charge is -2.20. The van der Waals surface area contributed by atoms with Crippen molar-refractivity contribution in [2.45, 2.75) is 37.4 Å². The quantitative estimate of drug-likeness (QED) is 0.752. The third-order valence-electron chi connectivity index (χ3n) is 5.40. The second kappa shape index (κ2) is 6.18. The van der Waals surface area contributed by atoms with Crippen LogP contribution in [0.25, 0.3) is 22.6 Å². The lowest BCUT2D eigenvalue weighted by Crippen LogP contribution is -2.42. The van der Waals surface area contributed by atoms with E-state index >= 15 is 0 Å². The summed E-state index contributed by atoms with van der Waals surface area (Å²) in [6.45, 7) is 0. The molecule has 4 heterocycles. The van der Waals surface area contributed by atoms with Crippen LogP contribution in [0, 0.1) is 0 Å². The van der Waals surface area contributed by atoms with Gasteiger partial charge in [-0.2, -0.15) is 0 Å². The van der Waals surface area contributed by atoms with Crippen molar-refractivity contribution in [3.05, 3.63) is 60.6 Å². The standard InChI is InChI=1S/C21H20N2O3/c24-21(23-17-12-15-6-7-16(17)22-15)20-9-8-19(26-20)14-4-1-3-13(11-14)18-5-2-10-25-18/h1-5,8-11,15-17,22H,6-7,12H2,(H,23,24). The summed E-state index contributed by atoms with van der Waals surface area (Å²) in [7, 11) is 0. The Labute approximate surface area is 151 Å². The zero-order chi connectivity index (χ0) is 17.5. The number of fused-ring (bicyclic) bond motifs is 2. The summed E-state index contributed by atoms with van der Waals surface area (Å²) >= 11 is 0. The Hall–Kier alpha value is -2.79. The highest BCUT2D eigenvalue weighted by Crippen LogP contribution is 2.30. The van der Waals surface area contributed by atoms with E-state index in [1.165, 1.54) is 6.42 Å². The molecule has 3 aromatic rings. The molecule has 5 heteroatoms. The molecule has 3 atom stereocenters. The first-order chi connectivity index (χ1) is 12.8. The van der Waals surface area contributed by atoms with Crippen LogP contribution in [0.3, 0.4) is 0 Å². The SMILES string of the molecule is O=C(NC1CC2CCC1N2)c1ccc(-c2cccc(-c3ccco3)c2)o1. The fourth-order valence-corrected chi connectivity index (χ4v) is 4.11. The highest BCUT2D eigenvalue weighted by atomic mass is 16.4. The van der Waals surface area contributed by atoms with Gasteiger partial charge in [0.05, 0.1) is 6.26 Å². The second-order valence-corrected chi connectivity index (χ2v) is 7.09. The van der Waals surface area contributed by atoms with E-state index in [-0.39, 0.29) is 11.9 Å². The Kier molecular flexibility index (Phi) is 3.68. The molecule has 2 aromatic heterocycles. The van der Waals surface area contributed by atoms with Crippen LogP contribution < -0.4 is 10.6 Å². The Bertz CT molecular complexity index is 928. The van der Waals surface area contributed by atoms with E-state index in [0.717, 1.165) is 29.7 Å². The van der Waals surface area contributed by atoms with E-state index in [4.69, 9.17) is 8.83 Å². The van der Waals surface area contributed by atoms with Crippen molar-refractivity contribution in [1.82, 2.24) is 10.6 Å². The number of amides is 1. The molecule has 0 saturated carbocycles. The number of carbonyl (C=O) groups is 1. The predicted molar refractivity (Wildman–Crippen MR) is 97.7 cm³/mol. The largest absolute Gasteiger partial charge is 0.464 e. The van der Waals surface area contributed by atoms with Gasteiger partial charge in [0.1, 0.15) is 11.5 Å². The fraction of sp³-hybridized carbons (Fsp3) is 0.286. The van der Waals surface area contributed by atoms with Gasteiger partial charge in [0, 0.05) is 29.3 Å². The van der Waals surface area contributed by atoms with E-state index in [1.54, 1.807) is 12.3 Å². The first-order valence-electron chi connectivity index (χ1n) is 9.07. The lowest BCUT2D eigenvalue weighted by atomic mass is 9.95. The Morgan fingerprint density at radius 3 is 2.65 bits per heavy atom. The lowest BCUT2D eigenvalue weighted by molar-refractivity contribution is 0.0903. The summed E-state index contributed by atoms with van der Waals surface area (Å²) in [5, 5.41) is 6.65. The molecule has 2 aliphatic rings. The molecule has 1 aromatic carbocycles. The molecule has 132 valence electrons. The average Bonchev–Trinajstić information content (AvgIpc) is 3.46. The molecule has 2 fully saturated rings. The van der Waals surface area contributed by atoms with Gasteiger partial charge in [0.25, 0.3) is 5.91 Å². The molecule has 2 aliphatic heterocycles. The van der Waals surface area contributed by atoms with Gasteiger partial charge in [-0.15, -0.1) is 0 Å². The molecule has 2 N–H and O–H groups in total. The normalized spacial score (nSPS) is 24.1. The van der Waals surface area contributed by atoms with E-state index in [9.17, 15) is 4.79 Å². The number of rotatable bonds is 4. The van der Waals surface area contributed by atoms with Gasteiger partial charge in [0.15, 0.2) is 5.76 Å². The summed E-state index contributed by atoms with van der Waals surface area (Å²) < 4.78 is 11.3. The molecule has 5 rings (SSSR count). The summed E-state index contributed by atoms with van der Waals surface area (Å²) in [4.78, 5) is 12.5. The van der Waals surface area contributed by atoms with Crippen LogP contribution in [0.15, 0.2) is 63.6 Å². The van der Waals surface area contributed by atoms with Crippen molar-refractivity contribution >= 4 is 5.91 Å². The summed E-state index contributed by atoms with van der Waals surface area (Å²) in [5.74, 6) is 1.69. The van der Waals surface area contributed by atoms with Crippen molar-refractivity contribution < 1.29 is 13.6 Å². The third kappa shape index (κ3) is 2.74.